The van der Waals surface area contributed by atoms with Gasteiger partial charge in [-0.05, 0) is 27.0 Å². The minimum Gasteiger partial charge on any atom is -0.480 e. The van der Waals surface area contributed by atoms with Gasteiger partial charge in [0.25, 0.3) is 0 Å². The van der Waals surface area contributed by atoms with E-state index < -0.39 is 78.1 Å². The van der Waals surface area contributed by atoms with Gasteiger partial charge in [0.2, 0.25) is 29.5 Å². The molecule has 0 radical (unpaired) electrons. The van der Waals surface area contributed by atoms with Gasteiger partial charge >= 0.3 is 5.97 Å². The Kier molecular flexibility index (Phi) is 16.8. The van der Waals surface area contributed by atoms with Crippen molar-refractivity contribution >= 4 is 60.8 Å². The summed E-state index contributed by atoms with van der Waals surface area (Å²) >= 11 is 7.71. The number of carbonyl (C=O) groups is 6. The van der Waals surface area contributed by atoms with Gasteiger partial charge in [-0.3, -0.25) is 34.1 Å². The molecule has 0 spiro atoms. The summed E-state index contributed by atoms with van der Waals surface area (Å²) in [4.78, 5) is 69.6. The maximum atomic E-state index is 12.3. The highest BCUT2D eigenvalue weighted by Crippen LogP contribution is 2.05. The fourth-order valence-corrected chi connectivity index (χ4v) is 2.19. The molecule has 0 aromatic heterocycles. The smallest absolute Gasteiger partial charge is 0.322 e. The largest absolute Gasteiger partial charge is 0.480 e. The molecular formula is C18H34N6O8S2. The molecule has 0 aromatic rings. The number of amides is 5. The van der Waals surface area contributed by atoms with Crippen molar-refractivity contribution in [1.29, 1.82) is 0 Å². The zero-order valence-corrected chi connectivity index (χ0v) is 21.2. The number of thiol groups is 2. The predicted octanol–water partition coefficient (Wildman–Crippen LogP) is -3.67. The lowest BCUT2D eigenvalue weighted by molar-refractivity contribution is -0.138. The summed E-state index contributed by atoms with van der Waals surface area (Å²) in [5, 5.41) is 29.5. The molecule has 0 unspecified atom stereocenters. The average Bonchev–Trinajstić information content (AvgIpc) is 2.74. The third kappa shape index (κ3) is 16.1. The summed E-state index contributed by atoms with van der Waals surface area (Å²) in [7, 11) is 0. The van der Waals surface area contributed by atoms with Crippen LogP contribution in [0.2, 0.25) is 0 Å². The van der Waals surface area contributed by atoms with E-state index >= 15 is 0 Å². The number of aliphatic hydroxyl groups excluding tert-OH is 1. The van der Waals surface area contributed by atoms with Gasteiger partial charge in [-0.25, -0.2) is 0 Å². The normalized spacial score (nSPS) is 13.1. The van der Waals surface area contributed by atoms with Crippen LogP contribution in [-0.2, 0) is 28.8 Å². The van der Waals surface area contributed by atoms with Crippen molar-refractivity contribution in [3.63, 3.8) is 0 Å². The number of hydrogen-bond acceptors (Lipinski definition) is 10. The first-order valence-electron chi connectivity index (χ1n) is 9.87. The van der Waals surface area contributed by atoms with E-state index in [0.717, 1.165) is 0 Å². The topological polar surface area (TPSA) is 229 Å². The molecular weight excluding hydrogens is 492 g/mol. The Morgan fingerprint density at radius 3 is 1.91 bits per heavy atom. The Labute approximate surface area is 208 Å². The summed E-state index contributed by atoms with van der Waals surface area (Å²) in [6, 6.07) is -4.07. The number of hydrogen-bond donors (Lipinski definition) is 10. The molecule has 0 heterocycles. The van der Waals surface area contributed by atoms with Crippen LogP contribution in [0.3, 0.4) is 0 Å². The highest BCUT2D eigenvalue weighted by Gasteiger charge is 2.28. The SMILES string of the molecule is CS.C[C@H](NC(=O)[C@H](CO)NC(=O)CNC(C)(C)S)C(=O)N[C@@H](CC(N)=O)C(=O)NCC(=O)O. The Morgan fingerprint density at radius 2 is 1.47 bits per heavy atom. The molecule has 9 N–H and O–H groups in total. The molecule has 0 rings (SSSR count). The second-order valence-corrected chi connectivity index (χ2v) is 8.41. The fourth-order valence-electron chi connectivity index (χ4n) is 2.11. The Morgan fingerprint density at radius 1 is 0.912 bits per heavy atom. The Bertz CT molecular complexity index is 732. The molecule has 16 heteroatoms. The van der Waals surface area contributed by atoms with Gasteiger partial charge in [0.05, 0.1) is 24.4 Å². The van der Waals surface area contributed by atoms with Gasteiger partial charge in [0.15, 0.2) is 0 Å². The summed E-state index contributed by atoms with van der Waals surface area (Å²) in [6.07, 6.45) is 1.08. The lowest BCUT2D eigenvalue weighted by Crippen LogP contribution is -2.57. The standard InChI is InChI=1S/C17H30N6O8S.CH4S/c1-8(14(29)23-9(4-11(18)25)15(30)19-6-13(27)28)21-16(31)10(7-24)22-12(26)5-20-17(2,3)32;1-2/h8-10,20,24,32H,4-7H2,1-3H3,(H2,18,25)(H,19,30)(H,21,31)(H,22,26)(H,23,29)(H,27,28);2H,1H3/t8-,9-,10-;/m0./s1. The fraction of sp³-hybridized carbons (Fsp3) is 0.667. The van der Waals surface area contributed by atoms with E-state index in [9.17, 15) is 33.9 Å². The van der Waals surface area contributed by atoms with Crippen molar-refractivity contribution in [2.75, 3.05) is 26.0 Å². The Balaban J connectivity index is 0. The van der Waals surface area contributed by atoms with Gasteiger partial charge < -0.3 is 37.2 Å². The number of rotatable bonds is 14. The van der Waals surface area contributed by atoms with Crippen molar-refractivity contribution < 1.29 is 39.0 Å². The maximum absolute atomic E-state index is 12.3. The number of aliphatic hydroxyl groups is 1. The van der Waals surface area contributed by atoms with Crippen molar-refractivity contribution in [2.45, 2.75) is 50.2 Å². The number of carboxylic acids is 1. The third-order valence-corrected chi connectivity index (χ3v) is 3.88. The average molecular weight is 527 g/mol. The van der Waals surface area contributed by atoms with Crippen LogP contribution in [0.1, 0.15) is 27.2 Å². The van der Waals surface area contributed by atoms with E-state index in [0.29, 0.717) is 0 Å². The molecule has 3 atom stereocenters. The van der Waals surface area contributed by atoms with Gasteiger partial charge in [-0.1, -0.05) is 0 Å². The van der Waals surface area contributed by atoms with Crippen LogP contribution in [0, 0.1) is 0 Å². The van der Waals surface area contributed by atoms with Gasteiger partial charge in [-0.15, -0.1) is 0 Å². The number of nitrogens with one attached hydrogen (secondary N) is 5. The van der Waals surface area contributed by atoms with E-state index in [-0.39, 0.29) is 6.54 Å². The summed E-state index contributed by atoms with van der Waals surface area (Å²) < 4.78 is 0. The zero-order valence-electron chi connectivity index (χ0n) is 19.4. The molecule has 0 aliphatic carbocycles. The lowest BCUT2D eigenvalue weighted by atomic mass is 10.1. The maximum Gasteiger partial charge on any atom is 0.322 e. The van der Waals surface area contributed by atoms with Crippen molar-refractivity contribution in [1.82, 2.24) is 26.6 Å². The molecule has 0 saturated carbocycles. The lowest BCUT2D eigenvalue weighted by Gasteiger charge is -2.23. The minimum absolute atomic E-state index is 0.184. The van der Waals surface area contributed by atoms with Gasteiger partial charge in [0, 0.05) is 0 Å². The number of carboxylic acid groups (broad SMARTS) is 1. The molecule has 0 fully saturated rings. The second-order valence-electron chi connectivity index (χ2n) is 7.29. The van der Waals surface area contributed by atoms with Crippen LogP contribution in [0.5, 0.6) is 0 Å². The zero-order chi connectivity index (χ0) is 27.1. The van der Waals surface area contributed by atoms with Crippen LogP contribution in [0.4, 0.5) is 0 Å². The van der Waals surface area contributed by atoms with E-state index in [1.165, 1.54) is 6.92 Å². The van der Waals surface area contributed by atoms with Gasteiger partial charge in [-0.2, -0.15) is 25.3 Å². The second kappa shape index (κ2) is 17.0. The first-order valence-corrected chi connectivity index (χ1v) is 11.2. The number of nitrogens with two attached hydrogens (primary N) is 1. The molecule has 0 saturated heterocycles. The molecule has 0 aliphatic rings. The first-order chi connectivity index (χ1) is 15.7. The first kappa shape index (κ1) is 33.6. The van der Waals surface area contributed by atoms with Crippen LogP contribution >= 0.6 is 25.3 Å². The van der Waals surface area contributed by atoms with E-state index in [1.54, 1.807) is 20.1 Å². The van der Waals surface area contributed by atoms with Crippen LogP contribution < -0.4 is 32.3 Å². The van der Waals surface area contributed by atoms with Crippen LogP contribution in [0.15, 0.2) is 0 Å². The quantitative estimate of drug-likeness (QED) is 0.0793. The molecule has 0 bridgehead atoms. The van der Waals surface area contributed by atoms with E-state index in [2.05, 4.69) is 46.5 Å². The molecule has 14 nitrogen and oxygen atoms in total. The van der Waals surface area contributed by atoms with Crippen molar-refractivity contribution in [3.8, 4) is 0 Å². The number of aliphatic carboxylic acids is 1. The molecule has 34 heavy (non-hydrogen) atoms. The van der Waals surface area contributed by atoms with Crippen molar-refractivity contribution in [3.05, 3.63) is 0 Å². The molecule has 5 amide bonds. The Hall–Kier alpha value is -2.56. The summed E-state index contributed by atoms with van der Waals surface area (Å²) in [5.74, 6) is -5.60. The summed E-state index contributed by atoms with van der Waals surface area (Å²) in [6.45, 7) is 2.98. The van der Waals surface area contributed by atoms with Crippen molar-refractivity contribution in [2.24, 2.45) is 5.73 Å². The van der Waals surface area contributed by atoms with Gasteiger partial charge in [0.1, 0.15) is 24.7 Å². The molecule has 0 aromatic carbocycles. The molecule has 0 aliphatic heterocycles. The number of primary amides is 1. The molecule has 196 valence electrons. The number of carbonyl (C=O) groups excluding carboxylic acids is 5. The third-order valence-electron chi connectivity index (χ3n) is 3.72. The minimum atomic E-state index is -1.47. The van der Waals surface area contributed by atoms with Crippen LogP contribution in [0.25, 0.3) is 0 Å². The highest BCUT2D eigenvalue weighted by molar-refractivity contribution is 7.81. The monoisotopic (exact) mass is 526 g/mol. The van der Waals surface area contributed by atoms with Crippen LogP contribution in [-0.4, -0.2) is 94.7 Å². The predicted molar refractivity (Wildman–Crippen MR) is 129 cm³/mol. The summed E-state index contributed by atoms with van der Waals surface area (Å²) in [5.41, 5.74) is 5.04. The highest BCUT2D eigenvalue weighted by atomic mass is 32.1. The van der Waals surface area contributed by atoms with E-state index in [4.69, 9.17) is 10.8 Å². The van der Waals surface area contributed by atoms with E-state index in [1.807, 2.05) is 5.32 Å².